The van der Waals surface area contributed by atoms with Gasteiger partial charge in [0.2, 0.25) is 0 Å². The Balaban J connectivity index is 1.99. The molecule has 2 atom stereocenters. The third kappa shape index (κ3) is 2.43. The van der Waals surface area contributed by atoms with E-state index in [2.05, 4.69) is 15.9 Å². The van der Waals surface area contributed by atoms with Crippen LogP contribution in [0.25, 0.3) is 0 Å². The smallest absolute Gasteiger partial charge is 0.130 e. The molecule has 0 aromatic heterocycles. The molecule has 1 aliphatic rings. The fourth-order valence-electron chi connectivity index (χ4n) is 2.43. The first-order chi connectivity index (χ1) is 9.54. The molecule has 20 heavy (non-hydrogen) atoms. The van der Waals surface area contributed by atoms with Gasteiger partial charge in [0.15, 0.2) is 0 Å². The van der Waals surface area contributed by atoms with Gasteiger partial charge in [0.05, 0.1) is 0 Å². The molecular formula is C15H12BrF2NO. The fraction of sp³-hybridized carbons (Fsp3) is 0.200. The summed E-state index contributed by atoms with van der Waals surface area (Å²) in [4.78, 5) is 0. The van der Waals surface area contributed by atoms with Gasteiger partial charge in [-0.3, -0.25) is 0 Å². The summed E-state index contributed by atoms with van der Waals surface area (Å²) in [6.07, 6.45) is -0.168. The molecule has 1 aliphatic heterocycles. The molecule has 2 aromatic rings. The molecule has 5 heteroatoms. The summed E-state index contributed by atoms with van der Waals surface area (Å²) < 4.78 is 33.8. The Bertz CT molecular complexity index is 662. The van der Waals surface area contributed by atoms with E-state index in [1.54, 1.807) is 6.07 Å². The van der Waals surface area contributed by atoms with E-state index in [0.29, 0.717) is 12.2 Å². The van der Waals surface area contributed by atoms with Crippen molar-refractivity contribution in [3.05, 3.63) is 63.6 Å². The van der Waals surface area contributed by atoms with Gasteiger partial charge in [-0.15, -0.1) is 0 Å². The molecule has 0 radical (unpaired) electrons. The highest BCUT2D eigenvalue weighted by atomic mass is 79.9. The van der Waals surface area contributed by atoms with Gasteiger partial charge in [-0.05, 0) is 36.4 Å². The largest absolute Gasteiger partial charge is 0.485 e. The molecular weight excluding hydrogens is 328 g/mol. The molecule has 1 unspecified atom stereocenters. The molecule has 2 nitrogen and oxygen atoms in total. The standard InChI is InChI=1S/C15H12BrF2NO/c16-8-1-4-14-11(5-8)13(19)7-15(20-14)10-6-9(17)2-3-12(10)18/h1-6,13,15H,7,19H2/t13-,15?/m0/s1. The number of nitrogens with two attached hydrogens (primary N) is 1. The second-order valence-corrected chi connectivity index (χ2v) is 5.71. The third-order valence-corrected chi connectivity index (χ3v) is 3.91. The predicted octanol–water partition coefficient (Wildman–Crippen LogP) is 4.25. The monoisotopic (exact) mass is 339 g/mol. The van der Waals surface area contributed by atoms with Crippen LogP contribution in [0.2, 0.25) is 0 Å². The summed E-state index contributed by atoms with van der Waals surface area (Å²) in [6, 6.07) is 8.58. The molecule has 3 rings (SSSR count). The Morgan fingerprint density at radius 2 is 1.90 bits per heavy atom. The van der Waals surface area contributed by atoms with Crippen molar-refractivity contribution in [2.45, 2.75) is 18.6 Å². The van der Waals surface area contributed by atoms with Gasteiger partial charge in [0.25, 0.3) is 0 Å². The summed E-state index contributed by atoms with van der Waals surface area (Å²) in [5.74, 6) is -0.357. The Morgan fingerprint density at radius 1 is 1.10 bits per heavy atom. The van der Waals surface area contributed by atoms with Crippen LogP contribution in [0, 0.1) is 11.6 Å². The highest BCUT2D eigenvalue weighted by Gasteiger charge is 2.29. The van der Waals surface area contributed by atoms with E-state index in [-0.39, 0.29) is 11.6 Å². The first-order valence-electron chi connectivity index (χ1n) is 6.21. The number of ether oxygens (including phenoxy) is 1. The van der Waals surface area contributed by atoms with Gasteiger partial charge in [0.1, 0.15) is 23.5 Å². The van der Waals surface area contributed by atoms with Crippen LogP contribution in [-0.2, 0) is 0 Å². The zero-order valence-electron chi connectivity index (χ0n) is 10.4. The Labute approximate surface area is 123 Å². The van der Waals surface area contributed by atoms with E-state index in [1.807, 2.05) is 12.1 Å². The molecule has 0 bridgehead atoms. The van der Waals surface area contributed by atoms with Crippen LogP contribution in [0.1, 0.15) is 29.7 Å². The number of hydrogen-bond donors (Lipinski definition) is 1. The molecule has 0 amide bonds. The number of benzene rings is 2. The maximum atomic E-state index is 13.8. The van der Waals surface area contributed by atoms with Gasteiger partial charge in [-0.25, -0.2) is 8.78 Å². The minimum Gasteiger partial charge on any atom is -0.485 e. The maximum absolute atomic E-state index is 13.8. The van der Waals surface area contributed by atoms with Crippen molar-refractivity contribution in [1.82, 2.24) is 0 Å². The Hall–Kier alpha value is -1.46. The van der Waals surface area contributed by atoms with Crippen LogP contribution in [0.5, 0.6) is 5.75 Å². The zero-order valence-corrected chi connectivity index (χ0v) is 12.0. The molecule has 0 saturated carbocycles. The summed E-state index contributed by atoms with van der Waals surface area (Å²) in [5.41, 5.74) is 7.18. The van der Waals surface area contributed by atoms with Crippen LogP contribution in [0.15, 0.2) is 40.9 Å². The van der Waals surface area contributed by atoms with Crippen molar-refractivity contribution >= 4 is 15.9 Å². The van der Waals surface area contributed by atoms with E-state index in [1.165, 1.54) is 0 Å². The van der Waals surface area contributed by atoms with E-state index >= 15 is 0 Å². The van der Waals surface area contributed by atoms with Gasteiger partial charge < -0.3 is 10.5 Å². The van der Waals surface area contributed by atoms with Gasteiger partial charge >= 0.3 is 0 Å². The Morgan fingerprint density at radius 3 is 2.70 bits per heavy atom. The minimum atomic E-state index is -0.575. The lowest BCUT2D eigenvalue weighted by atomic mass is 9.93. The van der Waals surface area contributed by atoms with Gasteiger partial charge in [0, 0.05) is 28.1 Å². The first-order valence-corrected chi connectivity index (χ1v) is 7.00. The van der Waals surface area contributed by atoms with E-state index in [9.17, 15) is 8.78 Å². The number of hydrogen-bond acceptors (Lipinski definition) is 2. The van der Waals surface area contributed by atoms with Crippen molar-refractivity contribution in [1.29, 1.82) is 0 Å². The van der Waals surface area contributed by atoms with Crippen LogP contribution in [0.3, 0.4) is 0 Å². The quantitative estimate of drug-likeness (QED) is 0.842. The fourth-order valence-corrected chi connectivity index (χ4v) is 2.81. The topological polar surface area (TPSA) is 35.2 Å². The summed E-state index contributed by atoms with van der Waals surface area (Å²) in [7, 11) is 0. The van der Waals surface area contributed by atoms with Crippen molar-refractivity contribution in [2.24, 2.45) is 5.73 Å². The van der Waals surface area contributed by atoms with Crippen molar-refractivity contribution in [3.8, 4) is 5.75 Å². The maximum Gasteiger partial charge on any atom is 0.130 e. The number of fused-ring (bicyclic) bond motifs is 1. The lowest BCUT2D eigenvalue weighted by Crippen LogP contribution is -2.24. The molecule has 0 fully saturated rings. The predicted molar refractivity (Wildman–Crippen MR) is 75.4 cm³/mol. The zero-order chi connectivity index (χ0) is 14.3. The normalized spacial score (nSPS) is 21.2. The number of rotatable bonds is 1. The van der Waals surface area contributed by atoms with E-state index in [4.69, 9.17) is 10.5 Å². The molecule has 0 aliphatic carbocycles. The second-order valence-electron chi connectivity index (χ2n) is 4.80. The molecule has 1 heterocycles. The number of halogens is 3. The average Bonchev–Trinajstić information content (AvgIpc) is 2.42. The van der Waals surface area contributed by atoms with Crippen LogP contribution in [0.4, 0.5) is 8.78 Å². The lowest BCUT2D eigenvalue weighted by Gasteiger charge is -2.30. The minimum absolute atomic E-state index is 0.203. The Kier molecular flexibility index (Phi) is 3.48. The van der Waals surface area contributed by atoms with Crippen molar-refractivity contribution < 1.29 is 13.5 Å². The summed E-state index contributed by atoms with van der Waals surface area (Å²) in [5, 5.41) is 0. The van der Waals surface area contributed by atoms with E-state index < -0.39 is 17.7 Å². The average molecular weight is 340 g/mol. The van der Waals surface area contributed by atoms with Crippen LogP contribution in [-0.4, -0.2) is 0 Å². The van der Waals surface area contributed by atoms with Crippen LogP contribution >= 0.6 is 15.9 Å². The molecule has 2 aromatic carbocycles. The van der Waals surface area contributed by atoms with E-state index in [0.717, 1.165) is 28.2 Å². The second kappa shape index (κ2) is 5.14. The molecule has 0 spiro atoms. The lowest BCUT2D eigenvalue weighted by molar-refractivity contribution is 0.157. The molecule has 104 valence electrons. The van der Waals surface area contributed by atoms with Crippen molar-refractivity contribution in [3.63, 3.8) is 0 Å². The molecule has 2 N–H and O–H groups in total. The SMILES string of the molecule is N[C@H]1CC(c2cc(F)ccc2F)Oc2ccc(Br)cc21. The first kappa shape index (κ1) is 13.5. The van der Waals surface area contributed by atoms with Crippen molar-refractivity contribution in [2.75, 3.05) is 0 Å². The third-order valence-electron chi connectivity index (χ3n) is 3.41. The van der Waals surface area contributed by atoms with Crippen LogP contribution < -0.4 is 10.5 Å². The highest BCUT2D eigenvalue weighted by molar-refractivity contribution is 9.10. The van der Waals surface area contributed by atoms with Gasteiger partial charge in [-0.1, -0.05) is 15.9 Å². The highest BCUT2D eigenvalue weighted by Crippen LogP contribution is 2.41. The molecule has 0 saturated heterocycles. The van der Waals surface area contributed by atoms with Gasteiger partial charge in [-0.2, -0.15) is 0 Å². The summed E-state index contributed by atoms with van der Waals surface area (Å²) >= 11 is 3.38. The summed E-state index contributed by atoms with van der Waals surface area (Å²) in [6.45, 7) is 0.